The van der Waals surface area contributed by atoms with Crippen LogP contribution < -0.4 is 5.32 Å². The van der Waals surface area contributed by atoms with E-state index in [4.69, 9.17) is 21.1 Å². The Labute approximate surface area is 204 Å². The van der Waals surface area contributed by atoms with Gasteiger partial charge < -0.3 is 14.7 Å². The second-order valence-corrected chi connectivity index (χ2v) is 7.63. The molecule has 1 N–H and O–H groups in total. The van der Waals surface area contributed by atoms with E-state index in [-0.39, 0.29) is 24.0 Å². The van der Waals surface area contributed by atoms with Crippen molar-refractivity contribution in [1.82, 2.24) is 30.1 Å². The molecule has 2 aromatic heterocycles. The number of aliphatic imine (C=N–C) groups is 1. The predicted octanol–water partition coefficient (Wildman–Crippen LogP) is 3.42. The van der Waals surface area contributed by atoms with E-state index in [9.17, 15) is 0 Å². The molecule has 1 aromatic carbocycles. The third kappa shape index (κ3) is 6.44. The van der Waals surface area contributed by atoms with Crippen LogP contribution in [0.25, 0.3) is 5.69 Å². The van der Waals surface area contributed by atoms with Gasteiger partial charge in [-0.3, -0.25) is 4.90 Å². The van der Waals surface area contributed by atoms with Crippen LogP contribution in [-0.4, -0.2) is 63.4 Å². The molecular formula is C21H27ClIN7O. The molecule has 0 radical (unpaired) electrons. The lowest BCUT2D eigenvalue weighted by atomic mass is 10.3. The number of guanidine groups is 1. The number of hydrogen-bond donors (Lipinski definition) is 1. The predicted molar refractivity (Wildman–Crippen MR) is 132 cm³/mol. The lowest BCUT2D eigenvalue weighted by molar-refractivity contribution is 0.169. The third-order valence-electron chi connectivity index (χ3n) is 5.02. The zero-order valence-electron chi connectivity index (χ0n) is 17.4. The second kappa shape index (κ2) is 11.5. The molecular weight excluding hydrogens is 529 g/mol. The van der Waals surface area contributed by atoms with Crippen molar-refractivity contribution in [2.24, 2.45) is 4.99 Å². The van der Waals surface area contributed by atoms with Crippen molar-refractivity contribution in [2.75, 3.05) is 32.7 Å². The van der Waals surface area contributed by atoms with Gasteiger partial charge in [-0.1, -0.05) is 16.8 Å². The number of nitrogens with one attached hydrogen (secondary N) is 1. The van der Waals surface area contributed by atoms with Crippen LogP contribution in [0.4, 0.5) is 0 Å². The lowest BCUT2D eigenvalue weighted by Gasteiger charge is -2.36. The minimum absolute atomic E-state index is 0. The van der Waals surface area contributed by atoms with Gasteiger partial charge in [0.05, 0.1) is 24.1 Å². The van der Waals surface area contributed by atoms with E-state index in [1.807, 2.05) is 47.4 Å². The number of aromatic nitrogens is 3. The van der Waals surface area contributed by atoms with Crippen molar-refractivity contribution in [3.8, 4) is 5.69 Å². The fourth-order valence-electron chi connectivity index (χ4n) is 3.43. The highest BCUT2D eigenvalue weighted by atomic mass is 127. The van der Waals surface area contributed by atoms with Gasteiger partial charge in [0.25, 0.3) is 0 Å². The molecule has 3 aromatic rings. The molecule has 0 spiro atoms. The molecule has 1 fully saturated rings. The monoisotopic (exact) mass is 555 g/mol. The van der Waals surface area contributed by atoms with Gasteiger partial charge in [-0.2, -0.15) is 5.10 Å². The molecule has 1 saturated heterocycles. The minimum Gasteiger partial charge on any atom is -0.364 e. The summed E-state index contributed by atoms with van der Waals surface area (Å²) in [4.78, 5) is 9.54. The van der Waals surface area contributed by atoms with Crippen molar-refractivity contribution in [2.45, 2.75) is 20.0 Å². The summed E-state index contributed by atoms with van der Waals surface area (Å²) in [6.07, 6.45) is 5.49. The minimum atomic E-state index is 0. The van der Waals surface area contributed by atoms with Crippen molar-refractivity contribution in [3.63, 3.8) is 0 Å². The van der Waals surface area contributed by atoms with E-state index in [0.29, 0.717) is 11.6 Å². The van der Waals surface area contributed by atoms with Crippen molar-refractivity contribution >= 4 is 41.5 Å². The highest BCUT2D eigenvalue weighted by Gasteiger charge is 2.20. The van der Waals surface area contributed by atoms with Crippen LogP contribution >= 0.6 is 35.6 Å². The molecule has 0 aliphatic carbocycles. The van der Waals surface area contributed by atoms with Gasteiger partial charge >= 0.3 is 0 Å². The van der Waals surface area contributed by atoms with E-state index in [1.165, 1.54) is 0 Å². The van der Waals surface area contributed by atoms with Crippen molar-refractivity contribution in [3.05, 3.63) is 65.3 Å². The summed E-state index contributed by atoms with van der Waals surface area (Å²) in [6, 6.07) is 9.54. The zero-order valence-corrected chi connectivity index (χ0v) is 20.5. The molecule has 1 aliphatic rings. The molecule has 0 bridgehead atoms. The Bertz CT molecular complexity index is 951. The third-order valence-corrected chi connectivity index (χ3v) is 5.27. The van der Waals surface area contributed by atoms with Gasteiger partial charge in [0.2, 0.25) is 0 Å². The van der Waals surface area contributed by atoms with Crippen LogP contribution in [0.5, 0.6) is 0 Å². The van der Waals surface area contributed by atoms with Crippen LogP contribution in [-0.2, 0) is 13.1 Å². The molecule has 0 unspecified atom stereocenters. The Morgan fingerprint density at radius 3 is 2.61 bits per heavy atom. The number of halogens is 2. The smallest absolute Gasteiger partial charge is 0.194 e. The van der Waals surface area contributed by atoms with Crippen LogP contribution in [0.3, 0.4) is 0 Å². The van der Waals surface area contributed by atoms with E-state index in [1.54, 1.807) is 6.26 Å². The summed E-state index contributed by atoms with van der Waals surface area (Å²) in [7, 11) is 0. The maximum absolute atomic E-state index is 5.97. The van der Waals surface area contributed by atoms with Crippen LogP contribution in [0.1, 0.15) is 18.2 Å². The lowest BCUT2D eigenvalue weighted by Crippen LogP contribution is -2.52. The summed E-state index contributed by atoms with van der Waals surface area (Å²) in [6.45, 7) is 8.10. The molecule has 166 valence electrons. The van der Waals surface area contributed by atoms with Crippen LogP contribution in [0.2, 0.25) is 5.02 Å². The summed E-state index contributed by atoms with van der Waals surface area (Å²) < 4.78 is 6.77. The van der Waals surface area contributed by atoms with E-state index in [2.05, 4.69) is 32.3 Å². The number of benzene rings is 1. The maximum atomic E-state index is 5.97. The van der Waals surface area contributed by atoms with E-state index >= 15 is 0 Å². The highest BCUT2D eigenvalue weighted by Crippen LogP contribution is 2.14. The summed E-state index contributed by atoms with van der Waals surface area (Å²) >= 11 is 5.97. The van der Waals surface area contributed by atoms with Crippen molar-refractivity contribution < 1.29 is 4.52 Å². The molecule has 3 heterocycles. The molecule has 0 atom stereocenters. The number of piperazine rings is 1. The topological polar surface area (TPSA) is 74.7 Å². The molecule has 1 aliphatic heterocycles. The summed E-state index contributed by atoms with van der Waals surface area (Å²) in [5, 5.41) is 12.6. The fraction of sp³-hybridized carbons (Fsp3) is 0.381. The number of rotatable bonds is 6. The standard InChI is InChI=1S/C21H26ClN7O.HI/c1-2-23-21(28-10-8-27(9-11-28)16-19-7-12-30-26-19)24-13-17-14-25-29(15-17)20-5-3-18(22)4-6-20;/h3-7,12,14-15H,2,8-11,13,16H2,1H3,(H,23,24);1H. The van der Waals surface area contributed by atoms with Crippen LogP contribution in [0, 0.1) is 0 Å². The van der Waals surface area contributed by atoms with E-state index in [0.717, 1.165) is 62.2 Å². The quantitative estimate of drug-likeness (QED) is 0.286. The molecule has 4 rings (SSSR count). The van der Waals surface area contributed by atoms with Gasteiger partial charge in [-0.25, -0.2) is 9.67 Å². The Kier molecular flexibility index (Phi) is 8.73. The first-order chi connectivity index (χ1) is 14.7. The average Bonchev–Trinajstić information content (AvgIpc) is 3.45. The average molecular weight is 556 g/mol. The fourth-order valence-corrected chi connectivity index (χ4v) is 3.56. The first-order valence-electron chi connectivity index (χ1n) is 10.2. The van der Waals surface area contributed by atoms with Crippen molar-refractivity contribution in [1.29, 1.82) is 0 Å². The summed E-state index contributed by atoms with van der Waals surface area (Å²) in [5.74, 6) is 0.942. The Balaban J connectivity index is 0.00000272. The van der Waals surface area contributed by atoms with Gasteiger partial charge in [-0.15, -0.1) is 24.0 Å². The van der Waals surface area contributed by atoms with E-state index < -0.39 is 0 Å². The zero-order chi connectivity index (χ0) is 20.8. The Morgan fingerprint density at radius 1 is 1.16 bits per heavy atom. The largest absolute Gasteiger partial charge is 0.364 e. The molecule has 0 saturated carbocycles. The van der Waals surface area contributed by atoms with Gasteiger partial charge in [0, 0.05) is 62.1 Å². The number of nitrogens with zero attached hydrogens (tertiary/aromatic N) is 6. The SMILES string of the molecule is CCNC(=NCc1cnn(-c2ccc(Cl)cc2)c1)N1CCN(Cc2ccon2)CC1.I. The summed E-state index contributed by atoms with van der Waals surface area (Å²) in [5.41, 5.74) is 3.01. The Hall–Kier alpha value is -2.11. The number of hydrogen-bond acceptors (Lipinski definition) is 5. The molecule has 8 nitrogen and oxygen atoms in total. The first-order valence-corrected chi connectivity index (χ1v) is 10.5. The maximum Gasteiger partial charge on any atom is 0.194 e. The van der Waals surface area contributed by atoms with Crippen LogP contribution in [0.15, 0.2) is 58.5 Å². The second-order valence-electron chi connectivity index (χ2n) is 7.19. The Morgan fingerprint density at radius 2 is 1.94 bits per heavy atom. The molecule has 0 amide bonds. The highest BCUT2D eigenvalue weighted by molar-refractivity contribution is 14.0. The normalized spacial score (nSPS) is 15.0. The van der Waals surface area contributed by atoms with Gasteiger partial charge in [0.1, 0.15) is 6.26 Å². The first kappa shape index (κ1) is 23.6. The molecule has 10 heteroatoms. The van der Waals surface area contributed by atoms with Gasteiger partial charge in [0.15, 0.2) is 5.96 Å². The molecule has 31 heavy (non-hydrogen) atoms. The van der Waals surface area contributed by atoms with Gasteiger partial charge in [-0.05, 0) is 31.2 Å².